The van der Waals surface area contributed by atoms with Gasteiger partial charge in [-0.25, -0.2) is 0 Å². The van der Waals surface area contributed by atoms with Gasteiger partial charge >= 0.3 is 0 Å². The molecule has 90 heavy (non-hydrogen) atoms. The van der Waals surface area contributed by atoms with Crippen molar-refractivity contribution >= 4 is 66.4 Å². The highest BCUT2D eigenvalue weighted by Crippen LogP contribution is 2.60. The van der Waals surface area contributed by atoms with Crippen molar-refractivity contribution in [3.63, 3.8) is 0 Å². The minimum Gasteiger partial charge on any atom is -0.309 e. The highest BCUT2D eigenvalue weighted by Gasteiger charge is 2.48. The Morgan fingerprint density at radius 1 is 0.267 bits per heavy atom. The van der Waals surface area contributed by atoms with E-state index in [1.807, 2.05) is 0 Å². The van der Waals surface area contributed by atoms with Crippen molar-refractivity contribution in [3.8, 4) is 22.3 Å². The van der Waals surface area contributed by atoms with Crippen molar-refractivity contribution in [2.24, 2.45) is 0 Å². The Labute approximate surface area is 530 Å². The topological polar surface area (TPSA) is 6.48 Å². The maximum atomic E-state index is 2.62. The summed E-state index contributed by atoms with van der Waals surface area (Å²) in [6.07, 6.45) is 0. The fraction of sp³-hybridized carbons (Fsp3) is 0.136. The van der Waals surface area contributed by atoms with Gasteiger partial charge in [0.25, 0.3) is 0 Å². The number of para-hydroxylation sites is 2. The van der Waals surface area contributed by atoms with E-state index in [-0.39, 0.29) is 11.8 Å². The first-order valence-corrected chi connectivity index (χ1v) is 32.2. The quantitative estimate of drug-likeness (QED) is 0.113. The van der Waals surface area contributed by atoms with Gasteiger partial charge < -0.3 is 9.80 Å². The van der Waals surface area contributed by atoms with Crippen molar-refractivity contribution < 1.29 is 0 Å². The first kappa shape index (κ1) is 55.1. The predicted octanol–water partition coefficient (Wildman–Crippen LogP) is 23.7. The largest absolute Gasteiger partial charge is 0.309 e. The molecule has 0 spiro atoms. The highest BCUT2D eigenvalue weighted by atomic mass is 15.2. The molecule has 0 aliphatic heterocycles. The molecule has 0 saturated heterocycles. The summed E-state index contributed by atoms with van der Waals surface area (Å²) in [5, 5.41) is 7.67. The van der Waals surface area contributed by atoms with Crippen LogP contribution in [0, 0.1) is 27.7 Å². The maximum Gasteiger partial charge on any atom is 0.0714 e. The average molecular weight is 1160 g/mol. The molecule has 434 valence electrons. The van der Waals surface area contributed by atoms with Crippen LogP contribution in [-0.4, -0.2) is 0 Å². The lowest BCUT2D eigenvalue weighted by Gasteiger charge is -2.36. The van der Waals surface area contributed by atoms with Gasteiger partial charge in [-0.15, -0.1) is 0 Å². The van der Waals surface area contributed by atoms with E-state index in [1.165, 1.54) is 155 Å². The fourth-order valence-corrected chi connectivity index (χ4v) is 16.6. The van der Waals surface area contributed by atoms with E-state index in [2.05, 4.69) is 344 Å². The summed E-state index contributed by atoms with van der Waals surface area (Å²) in [5.74, 6) is 0.431. The Bertz CT molecular complexity index is 4690. The summed E-state index contributed by atoms with van der Waals surface area (Å²) in [7, 11) is 0. The number of rotatable bonds is 12. The molecule has 2 aliphatic rings. The zero-order valence-corrected chi connectivity index (χ0v) is 52.6. The van der Waals surface area contributed by atoms with Gasteiger partial charge in [-0.3, -0.25) is 0 Å². The fourth-order valence-electron chi connectivity index (χ4n) is 16.6. The smallest absolute Gasteiger partial charge is 0.0714 e. The van der Waals surface area contributed by atoms with E-state index in [4.69, 9.17) is 0 Å². The lowest BCUT2D eigenvalue weighted by Crippen LogP contribution is -2.29. The number of nitrogens with zero attached hydrogens (tertiary/aromatic N) is 2. The van der Waals surface area contributed by atoms with Crippen molar-refractivity contribution in [1.82, 2.24) is 0 Å². The van der Waals surface area contributed by atoms with Crippen LogP contribution in [0.1, 0.15) is 117 Å². The molecule has 2 heteroatoms. The van der Waals surface area contributed by atoms with E-state index >= 15 is 0 Å². The number of anilines is 6. The van der Waals surface area contributed by atoms with E-state index in [0.717, 1.165) is 11.4 Å². The second-order valence-electron chi connectivity index (χ2n) is 26.0. The summed E-state index contributed by atoms with van der Waals surface area (Å²) >= 11 is 0. The summed E-state index contributed by atoms with van der Waals surface area (Å²) in [5.41, 5.74) is 28.8. The molecule has 0 atom stereocenters. The lowest BCUT2D eigenvalue weighted by atomic mass is 9.67. The lowest BCUT2D eigenvalue weighted by molar-refractivity contribution is 0.768. The molecule has 0 heterocycles. The van der Waals surface area contributed by atoms with Gasteiger partial charge in [0.05, 0.1) is 33.6 Å². The van der Waals surface area contributed by atoms with Crippen LogP contribution in [0.2, 0.25) is 0 Å². The maximum absolute atomic E-state index is 2.62. The van der Waals surface area contributed by atoms with Gasteiger partial charge in [0.2, 0.25) is 0 Å². The zero-order chi connectivity index (χ0) is 61.2. The summed E-state index contributed by atoms with van der Waals surface area (Å²) in [6, 6.07) is 106. The van der Waals surface area contributed by atoms with E-state index < -0.39 is 10.8 Å². The van der Waals surface area contributed by atoms with Crippen LogP contribution in [0.25, 0.3) is 54.6 Å². The molecule has 2 nitrogen and oxygen atoms in total. The molecule has 0 fully saturated rings. The third-order valence-corrected chi connectivity index (χ3v) is 20.4. The molecule has 2 aliphatic carbocycles. The van der Waals surface area contributed by atoms with Gasteiger partial charge in [0, 0.05) is 22.1 Å². The minimum atomic E-state index is -0.568. The average Bonchev–Trinajstić information content (AvgIpc) is 1.32. The zero-order valence-electron chi connectivity index (χ0n) is 52.6. The molecule has 14 aromatic carbocycles. The molecule has 0 amide bonds. The van der Waals surface area contributed by atoms with E-state index in [0.29, 0.717) is 0 Å². The molecule has 0 N–H and O–H groups in total. The van der Waals surface area contributed by atoms with Crippen LogP contribution in [0.15, 0.2) is 279 Å². The van der Waals surface area contributed by atoms with Gasteiger partial charge in [0.15, 0.2) is 0 Å². The number of aryl methyl sites for hydroxylation is 4. The van der Waals surface area contributed by atoms with Crippen LogP contribution in [0.4, 0.5) is 34.1 Å². The Balaban J connectivity index is 0.979. The standard InChI is InChI=1S/C88H72N2/c1-55(2)75-53-81(89(85-57(5)27-23-28-58(85)6)65-37-25-35-63(51-65)87(61-31-11-9-12-32-61)77-43-19-15-39-67(77)68-40-16-20-44-78(68)87)73-50-48-72-76(56(3)4)54-82(74-49-47-71(75)83(73)84(72)74)90(86-59(7)29-24-30-60(86)8)66-38-26-36-64(52-66)88(62-33-13-10-14-34-62)79-45-21-17-41-69(79)70-42-18-22-46-80(70)88/h9-56H,1-8H3. The predicted molar refractivity (Wildman–Crippen MR) is 381 cm³/mol. The van der Waals surface area contributed by atoms with Crippen LogP contribution in [0.5, 0.6) is 0 Å². The van der Waals surface area contributed by atoms with Gasteiger partial charge in [-0.1, -0.05) is 270 Å². The summed E-state index contributed by atoms with van der Waals surface area (Å²) < 4.78 is 0. The third-order valence-electron chi connectivity index (χ3n) is 20.4. The Kier molecular flexibility index (Phi) is 13.0. The first-order chi connectivity index (χ1) is 44.0. The van der Waals surface area contributed by atoms with Crippen molar-refractivity contribution in [3.05, 3.63) is 357 Å². The Hall–Kier alpha value is -10.3. The molecule has 0 saturated carbocycles. The summed E-state index contributed by atoms with van der Waals surface area (Å²) in [6.45, 7) is 18.7. The van der Waals surface area contributed by atoms with Crippen molar-refractivity contribution in [2.75, 3.05) is 9.80 Å². The van der Waals surface area contributed by atoms with Crippen molar-refractivity contribution in [2.45, 2.75) is 78.1 Å². The number of hydrogen-bond donors (Lipinski definition) is 0. The normalized spacial score (nSPS) is 13.5. The van der Waals surface area contributed by atoms with Gasteiger partial charge in [-0.2, -0.15) is 0 Å². The highest BCUT2D eigenvalue weighted by molar-refractivity contribution is 6.29. The van der Waals surface area contributed by atoms with Crippen molar-refractivity contribution in [1.29, 1.82) is 0 Å². The van der Waals surface area contributed by atoms with E-state index in [1.54, 1.807) is 0 Å². The Morgan fingerprint density at radius 3 is 0.889 bits per heavy atom. The first-order valence-electron chi connectivity index (χ1n) is 32.2. The van der Waals surface area contributed by atoms with Gasteiger partial charge in [-0.05, 0) is 198 Å². The van der Waals surface area contributed by atoms with Crippen LogP contribution >= 0.6 is 0 Å². The molecule has 0 bridgehead atoms. The van der Waals surface area contributed by atoms with Crippen LogP contribution < -0.4 is 9.80 Å². The molecule has 0 unspecified atom stereocenters. The van der Waals surface area contributed by atoms with Gasteiger partial charge in [0.1, 0.15) is 0 Å². The molecule has 14 aromatic rings. The summed E-state index contributed by atoms with van der Waals surface area (Å²) in [4.78, 5) is 5.25. The molecule has 16 rings (SSSR count). The van der Waals surface area contributed by atoms with Crippen LogP contribution in [-0.2, 0) is 10.8 Å². The minimum absolute atomic E-state index is 0.216. The second-order valence-corrected chi connectivity index (χ2v) is 26.0. The molecular formula is C88H72N2. The van der Waals surface area contributed by atoms with E-state index in [9.17, 15) is 0 Å². The van der Waals surface area contributed by atoms with Crippen LogP contribution in [0.3, 0.4) is 0 Å². The SMILES string of the molecule is Cc1cccc(C)c1N(c1cccc(C2(c3ccccc3)c3ccccc3-c3ccccc32)c1)c1cc(C(C)C)c2ccc3c(N(c4cccc(C5(c6ccccc6)c6ccccc6-c6ccccc65)c4)c4c(C)cccc4C)cc(C(C)C)c4ccc1c2c43. The third kappa shape index (κ3) is 7.96. The second kappa shape index (κ2) is 21.2. The molecule has 0 aromatic heterocycles. The Morgan fingerprint density at radius 2 is 0.556 bits per heavy atom. The molecular weight excluding hydrogens is 1080 g/mol. The monoisotopic (exact) mass is 1160 g/mol. The molecule has 0 radical (unpaired) electrons. The number of hydrogen-bond acceptors (Lipinski definition) is 2. The number of fused-ring (bicyclic) bond motifs is 6. The number of benzene rings is 14.